The maximum absolute atomic E-state index is 12.7. The number of rotatable bonds is 5. The van der Waals surface area contributed by atoms with Crippen LogP contribution in [0.5, 0.6) is 0 Å². The Labute approximate surface area is 223 Å². The third-order valence-electron chi connectivity index (χ3n) is 10.9. The summed E-state index contributed by atoms with van der Waals surface area (Å²) in [4.78, 5) is 12.7. The van der Waals surface area contributed by atoms with Gasteiger partial charge in [0.25, 0.3) is 0 Å². The van der Waals surface area contributed by atoms with Crippen LogP contribution in [0.1, 0.15) is 100 Å². The molecule has 2 aromatic carbocycles. The topological polar surface area (TPSA) is 26.3 Å². The maximum atomic E-state index is 12.7. The second kappa shape index (κ2) is 9.61. The van der Waals surface area contributed by atoms with Gasteiger partial charge in [-0.05, 0) is 115 Å². The molecule has 2 heteroatoms. The molecule has 0 saturated heterocycles. The van der Waals surface area contributed by atoms with Crippen molar-refractivity contribution < 1.29 is 9.53 Å². The predicted molar refractivity (Wildman–Crippen MR) is 150 cm³/mol. The normalized spacial score (nSPS) is 33.6. The zero-order valence-corrected chi connectivity index (χ0v) is 22.8. The third-order valence-corrected chi connectivity index (χ3v) is 10.9. The quantitative estimate of drug-likeness (QED) is 0.388. The molecule has 0 spiro atoms. The van der Waals surface area contributed by atoms with Gasteiger partial charge in [-0.1, -0.05) is 81.0 Å². The standard InChI is InChI=1S/C35H42O2/c1-24(25-10-6-4-7-11-25)22-27-15-17-31-30-16-14-28-23-29(37-33(36)26-12-8-5-9-13-26)18-20-34(28,2)32(30)19-21-35(27,31)3/h4-13,17,24,27-29H,14-16,18-23H2,1-3H3/t24?,27-,28?,29?,34+,35-/m1/s1. The maximum Gasteiger partial charge on any atom is 0.338 e. The van der Waals surface area contributed by atoms with Crippen LogP contribution < -0.4 is 0 Å². The molecule has 6 atom stereocenters. The van der Waals surface area contributed by atoms with Crippen LogP contribution in [-0.2, 0) is 4.74 Å². The number of hydrogen-bond donors (Lipinski definition) is 0. The Hall–Kier alpha value is -2.61. The molecule has 0 radical (unpaired) electrons. The smallest absolute Gasteiger partial charge is 0.338 e. The number of allylic oxidation sites excluding steroid dienone is 4. The van der Waals surface area contributed by atoms with E-state index in [0.29, 0.717) is 22.8 Å². The molecular formula is C35H42O2. The molecule has 1 fully saturated rings. The molecule has 6 rings (SSSR count). The molecule has 194 valence electrons. The fourth-order valence-electron chi connectivity index (χ4n) is 8.51. The molecule has 4 aliphatic rings. The van der Waals surface area contributed by atoms with Gasteiger partial charge in [0.05, 0.1) is 5.56 Å². The summed E-state index contributed by atoms with van der Waals surface area (Å²) in [6.07, 6.45) is 13.3. The van der Waals surface area contributed by atoms with Gasteiger partial charge in [0.15, 0.2) is 0 Å². The highest BCUT2D eigenvalue weighted by molar-refractivity contribution is 5.89. The second-order valence-electron chi connectivity index (χ2n) is 12.8. The Bertz CT molecular complexity index is 1210. The van der Waals surface area contributed by atoms with Gasteiger partial charge < -0.3 is 4.74 Å². The van der Waals surface area contributed by atoms with Gasteiger partial charge in [0, 0.05) is 0 Å². The van der Waals surface area contributed by atoms with Crippen LogP contribution in [0.15, 0.2) is 83.5 Å². The van der Waals surface area contributed by atoms with Gasteiger partial charge in [0.1, 0.15) is 6.10 Å². The number of carbonyl (C=O) groups excluding carboxylic acids is 1. The lowest BCUT2D eigenvalue weighted by Gasteiger charge is -2.53. The van der Waals surface area contributed by atoms with E-state index in [9.17, 15) is 4.79 Å². The van der Waals surface area contributed by atoms with E-state index >= 15 is 0 Å². The first-order chi connectivity index (χ1) is 17.9. The largest absolute Gasteiger partial charge is 0.459 e. The van der Waals surface area contributed by atoms with Crippen molar-refractivity contribution in [2.75, 3.05) is 0 Å². The summed E-state index contributed by atoms with van der Waals surface area (Å²) in [5.41, 5.74) is 7.93. The van der Waals surface area contributed by atoms with Crippen LogP contribution in [0, 0.1) is 22.7 Å². The molecule has 0 bridgehead atoms. The number of benzene rings is 2. The van der Waals surface area contributed by atoms with Crippen molar-refractivity contribution in [3.63, 3.8) is 0 Å². The summed E-state index contributed by atoms with van der Waals surface area (Å²) in [7, 11) is 0. The molecule has 0 amide bonds. The molecule has 37 heavy (non-hydrogen) atoms. The SMILES string of the molecule is CC(C[C@H]1CC=C2C3=C(CC[C@@]21C)[C@@]1(C)CCC(OC(=O)c2ccccc2)CC1CC3)c1ccccc1. The van der Waals surface area contributed by atoms with E-state index in [4.69, 9.17) is 4.74 Å². The lowest BCUT2D eigenvalue weighted by Crippen LogP contribution is -2.44. The predicted octanol–water partition coefficient (Wildman–Crippen LogP) is 9.05. The van der Waals surface area contributed by atoms with Gasteiger partial charge in [-0.3, -0.25) is 0 Å². The van der Waals surface area contributed by atoms with Gasteiger partial charge in [-0.2, -0.15) is 0 Å². The van der Waals surface area contributed by atoms with Crippen LogP contribution >= 0.6 is 0 Å². The second-order valence-corrected chi connectivity index (χ2v) is 12.8. The van der Waals surface area contributed by atoms with Crippen LogP contribution in [0.3, 0.4) is 0 Å². The minimum atomic E-state index is -0.162. The van der Waals surface area contributed by atoms with Crippen molar-refractivity contribution >= 4 is 5.97 Å². The number of esters is 1. The highest BCUT2D eigenvalue weighted by atomic mass is 16.5. The van der Waals surface area contributed by atoms with E-state index in [1.54, 1.807) is 16.7 Å². The highest BCUT2D eigenvalue weighted by Gasteiger charge is 2.52. The molecule has 2 aromatic rings. The molecule has 2 nitrogen and oxygen atoms in total. The summed E-state index contributed by atoms with van der Waals surface area (Å²) in [6.45, 7) is 7.53. The molecule has 4 aliphatic carbocycles. The molecular weight excluding hydrogens is 452 g/mol. The van der Waals surface area contributed by atoms with E-state index in [1.807, 2.05) is 30.3 Å². The Morgan fingerprint density at radius 2 is 1.68 bits per heavy atom. The van der Waals surface area contributed by atoms with Crippen molar-refractivity contribution in [3.05, 3.63) is 94.6 Å². The molecule has 0 aromatic heterocycles. The van der Waals surface area contributed by atoms with E-state index in [-0.39, 0.29) is 17.5 Å². The average Bonchev–Trinajstić information content (AvgIpc) is 3.25. The average molecular weight is 495 g/mol. The Morgan fingerprint density at radius 1 is 0.946 bits per heavy atom. The van der Waals surface area contributed by atoms with Gasteiger partial charge in [0.2, 0.25) is 0 Å². The minimum absolute atomic E-state index is 0.0522. The summed E-state index contributed by atoms with van der Waals surface area (Å²) in [5.74, 6) is 1.80. The van der Waals surface area contributed by atoms with Gasteiger partial charge in [-0.25, -0.2) is 4.79 Å². The summed E-state index contributed by atoms with van der Waals surface area (Å²) < 4.78 is 6.01. The van der Waals surface area contributed by atoms with Crippen molar-refractivity contribution in [2.24, 2.45) is 22.7 Å². The zero-order valence-electron chi connectivity index (χ0n) is 22.8. The molecule has 0 N–H and O–H groups in total. The molecule has 1 saturated carbocycles. The first-order valence-corrected chi connectivity index (χ1v) is 14.6. The van der Waals surface area contributed by atoms with E-state index in [1.165, 1.54) is 44.1 Å². The van der Waals surface area contributed by atoms with Crippen molar-refractivity contribution in [1.82, 2.24) is 0 Å². The summed E-state index contributed by atoms with van der Waals surface area (Å²) in [6, 6.07) is 20.6. The number of ether oxygens (including phenoxy) is 1. The van der Waals surface area contributed by atoms with Crippen molar-refractivity contribution in [1.29, 1.82) is 0 Å². The van der Waals surface area contributed by atoms with Gasteiger partial charge in [-0.15, -0.1) is 0 Å². The van der Waals surface area contributed by atoms with Crippen molar-refractivity contribution in [2.45, 2.75) is 90.6 Å². The van der Waals surface area contributed by atoms with Gasteiger partial charge >= 0.3 is 5.97 Å². The fraction of sp³-hybridized carbons (Fsp3) is 0.514. The lowest BCUT2D eigenvalue weighted by atomic mass is 9.52. The third kappa shape index (κ3) is 4.31. The first kappa shape index (κ1) is 24.7. The fourth-order valence-corrected chi connectivity index (χ4v) is 8.51. The van der Waals surface area contributed by atoms with E-state index < -0.39 is 0 Å². The monoisotopic (exact) mass is 494 g/mol. The zero-order chi connectivity index (χ0) is 25.6. The highest BCUT2D eigenvalue weighted by Crippen LogP contribution is 2.64. The molecule has 3 unspecified atom stereocenters. The van der Waals surface area contributed by atoms with Crippen LogP contribution in [-0.4, -0.2) is 12.1 Å². The number of carbonyl (C=O) groups is 1. The summed E-state index contributed by atoms with van der Waals surface area (Å²) in [5, 5.41) is 0. The van der Waals surface area contributed by atoms with Crippen LogP contribution in [0.25, 0.3) is 0 Å². The Morgan fingerprint density at radius 3 is 2.43 bits per heavy atom. The Balaban J connectivity index is 1.16. The first-order valence-electron chi connectivity index (χ1n) is 14.6. The van der Waals surface area contributed by atoms with E-state index in [2.05, 4.69) is 57.2 Å². The molecule has 0 heterocycles. The van der Waals surface area contributed by atoms with Crippen molar-refractivity contribution in [3.8, 4) is 0 Å². The Kier molecular flexibility index (Phi) is 6.42. The molecule has 0 aliphatic heterocycles. The number of hydrogen-bond acceptors (Lipinski definition) is 2. The van der Waals surface area contributed by atoms with Crippen LogP contribution in [0.4, 0.5) is 0 Å². The lowest BCUT2D eigenvalue weighted by molar-refractivity contribution is -0.0122. The minimum Gasteiger partial charge on any atom is -0.459 e. The summed E-state index contributed by atoms with van der Waals surface area (Å²) >= 11 is 0. The number of fused-ring (bicyclic) bond motifs is 4. The van der Waals surface area contributed by atoms with E-state index in [0.717, 1.165) is 25.2 Å². The van der Waals surface area contributed by atoms with Crippen LogP contribution in [0.2, 0.25) is 0 Å².